The van der Waals surface area contributed by atoms with Crippen molar-refractivity contribution in [1.29, 1.82) is 0 Å². The molecule has 0 aromatic rings. The van der Waals surface area contributed by atoms with Gasteiger partial charge >= 0.3 is 18.9 Å². The topological polar surface area (TPSA) is 86.2 Å². The molecule has 0 atom stereocenters. The molecule has 0 unspecified atom stereocenters. The fourth-order valence-electron chi connectivity index (χ4n) is 0. The van der Waals surface area contributed by atoms with Crippen LogP contribution in [0.15, 0.2) is 0 Å². The Kier molecular flexibility index (Phi) is 23.6. The largest absolute Gasteiger partial charge is 1.00 e. The molecule has 0 saturated carbocycles. The first-order valence-electron chi connectivity index (χ1n) is 0.730. The first kappa shape index (κ1) is 22.8. The van der Waals surface area contributed by atoms with Crippen molar-refractivity contribution in [2.24, 2.45) is 0 Å². The second kappa shape index (κ2) is 8.29. The standard InChI is InChI=1S/CH3.Li.H3O4P.V/c;;1-5(2,3)4;/h1H3;;(H3,1,2,3,4);/q-1;+1;;/p-3. The molecule has 8 heavy (non-hydrogen) atoms. The monoisotopic (exact) mass is 168 g/mol. The van der Waals surface area contributed by atoms with Gasteiger partial charge in [0.2, 0.25) is 0 Å². The molecule has 45 valence electrons. The quantitative estimate of drug-likeness (QED) is 0.205. The van der Waals surface area contributed by atoms with Crippen LogP contribution >= 0.6 is 7.82 Å². The van der Waals surface area contributed by atoms with Crippen LogP contribution in [0.1, 0.15) is 0 Å². The first-order valence-corrected chi connectivity index (χ1v) is 2.19. The van der Waals surface area contributed by atoms with E-state index in [-0.39, 0.29) is 44.8 Å². The second-order valence-corrected chi connectivity index (χ2v) is 1.34. The molecular weight excluding hydrogens is 165 g/mol. The molecule has 4 nitrogen and oxygen atoms in total. The summed E-state index contributed by atoms with van der Waals surface area (Å²) in [6, 6.07) is 0. The summed E-state index contributed by atoms with van der Waals surface area (Å²) in [7, 11) is -5.39. The van der Waals surface area contributed by atoms with E-state index < -0.39 is 7.82 Å². The Morgan fingerprint density at radius 2 is 1.12 bits per heavy atom. The first-order chi connectivity index (χ1) is 2.00. The van der Waals surface area contributed by atoms with Gasteiger partial charge < -0.3 is 26.7 Å². The van der Waals surface area contributed by atoms with Gasteiger partial charge in [-0.3, -0.25) is 0 Å². The summed E-state index contributed by atoms with van der Waals surface area (Å²) in [6.07, 6.45) is 0. The predicted molar refractivity (Wildman–Crippen MR) is 14.0 cm³/mol. The zero-order valence-corrected chi connectivity index (χ0v) is 6.82. The van der Waals surface area contributed by atoms with Crippen molar-refractivity contribution in [3.8, 4) is 0 Å². The van der Waals surface area contributed by atoms with Crippen LogP contribution in [0.25, 0.3) is 0 Å². The van der Waals surface area contributed by atoms with Gasteiger partial charge in [0.1, 0.15) is 0 Å². The molecule has 0 aromatic heterocycles. The van der Waals surface area contributed by atoms with Gasteiger partial charge in [-0.05, 0) is 0 Å². The Morgan fingerprint density at radius 1 is 1.12 bits per heavy atom. The Labute approximate surface area is 72.0 Å². The molecule has 0 bridgehead atoms. The van der Waals surface area contributed by atoms with Crippen molar-refractivity contribution in [3.05, 3.63) is 7.43 Å². The number of phosphoric acid groups is 1. The van der Waals surface area contributed by atoms with Crippen molar-refractivity contribution in [2.45, 2.75) is 0 Å². The molecule has 0 aromatic carbocycles. The number of rotatable bonds is 0. The van der Waals surface area contributed by atoms with Gasteiger partial charge in [0.15, 0.2) is 0 Å². The third-order valence-electron chi connectivity index (χ3n) is 0. The van der Waals surface area contributed by atoms with E-state index in [1.165, 1.54) is 0 Å². The minimum absolute atomic E-state index is 0. The maximum Gasteiger partial charge on any atom is 1.00 e. The van der Waals surface area contributed by atoms with Crippen molar-refractivity contribution < 1.29 is 56.7 Å². The fourth-order valence-corrected chi connectivity index (χ4v) is 0. The summed E-state index contributed by atoms with van der Waals surface area (Å²) < 4.78 is 8.55. The summed E-state index contributed by atoms with van der Waals surface area (Å²) in [4.78, 5) is 25.6. The zero-order chi connectivity index (χ0) is 4.50. The predicted octanol–water partition coefficient (Wildman–Crippen LogP) is -5.37. The van der Waals surface area contributed by atoms with Crippen LogP contribution in [0.5, 0.6) is 0 Å². The van der Waals surface area contributed by atoms with Gasteiger partial charge in [0.25, 0.3) is 0 Å². The van der Waals surface area contributed by atoms with Gasteiger partial charge in [-0.2, -0.15) is 7.82 Å². The molecule has 0 aliphatic carbocycles. The molecule has 7 heteroatoms. The van der Waals surface area contributed by atoms with Crippen LogP contribution in [-0.4, -0.2) is 0 Å². The Hall–Kier alpha value is 1.29. The third-order valence-corrected chi connectivity index (χ3v) is 0. The van der Waals surface area contributed by atoms with E-state index in [0.29, 0.717) is 0 Å². The smallest absolute Gasteiger partial charge is 0.822 e. The van der Waals surface area contributed by atoms with Gasteiger partial charge in [0, 0.05) is 18.6 Å². The summed E-state index contributed by atoms with van der Waals surface area (Å²) in [6.45, 7) is 0. The van der Waals surface area contributed by atoms with E-state index >= 15 is 0 Å². The molecule has 0 spiro atoms. The van der Waals surface area contributed by atoms with Gasteiger partial charge in [-0.25, -0.2) is 0 Å². The van der Waals surface area contributed by atoms with Crippen LogP contribution in [-0.2, 0) is 23.1 Å². The van der Waals surface area contributed by atoms with Crippen molar-refractivity contribution in [1.82, 2.24) is 0 Å². The molecule has 0 saturated heterocycles. The fraction of sp³-hybridized carbons (Fsp3) is 0. The van der Waals surface area contributed by atoms with E-state index in [4.69, 9.17) is 19.2 Å². The van der Waals surface area contributed by atoms with E-state index in [1.807, 2.05) is 0 Å². The van der Waals surface area contributed by atoms with E-state index in [2.05, 4.69) is 0 Å². The minimum Gasteiger partial charge on any atom is -0.822 e. The number of hydrogen-bond acceptors (Lipinski definition) is 4. The van der Waals surface area contributed by atoms with Crippen molar-refractivity contribution in [2.75, 3.05) is 0 Å². The zero-order valence-electron chi connectivity index (χ0n) is 4.53. The summed E-state index contributed by atoms with van der Waals surface area (Å²) in [5.74, 6) is 0. The normalized spacial score (nSPS) is 7.38. The minimum atomic E-state index is -5.39. The molecule has 0 N–H and O–H groups in total. The van der Waals surface area contributed by atoms with Crippen LogP contribution in [0.3, 0.4) is 0 Å². The summed E-state index contributed by atoms with van der Waals surface area (Å²) in [5, 5.41) is 0. The SMILES string of the molecule is O=P([O-])([O-])[O-].[CH3-].[Li+].[V]. The van der Waals surface area contributed by atoms with Gasteiger partial charge in [-0.1, -0.05) is 0 Å². The molecule has 0 rings (SSSR count). The molecule has 0 heterocycles. The van der Waals surface area contributed by atoms with Crippen molar-refractivity contribution in [3.63, 3.8) is 0 Å². The molecular formula is CH3LiO4PV-3. The number of hydrogen-bond donors (Lipinski definition) is 0. The Balaban J connectivity index is -0.0000000267. The van der Waals surface area contributed by atoms with Crippen LogP contribution < -0.4 is 33.5 Å². The van der Waals surface area contributed by atoms with Gasteiger partial charge in [0.05, 0.1) is 0 Å². The molecule has 1 radical (unpaired) electrons. The molecule has 0 amide bonds. The average molecular weight is 168 g/mol. The second-order valence-electron chi connectivity index (χ2n) is 0.447. The van der Waals surface area contributed by atoms with Crippen LogP contribution in [0.4, 0.5) is 0 Å². The van der Waals surface area contributed by atoms with E-state index in [0.717, 1.165) is 0 Å². The molecule has 0 fully saturated rings. The Bertz CT molecular complexity index is 62.2. The Morgan fingerprint density at radius 3 is 1.12 bits per heavy atom. The maximum atomic E-state index is 8.55. The van der Waals surface area contributed by atoms with Crippen LogP contribution in [0.2, 0.25) is 0 Å². The summed E-state index contributed by atoms with van der Waals surface area (Å²) in [5.41, 5.74) is 0. The maximum absolute atomic E-state index is 8.55. The van der Waals surface area contributed by atoms with E-state index in [9.17, 15) is 0 Å². The molecule has 0 aliphatic heterocycles. The third kappa shape index (κ3) is 173. The van der Waals surface area contributed by atoms with Gasteiger partial charge in [-0.15, -0.1) is 0 Å². The molecule has 0 aliphatic rings. The van der Waals surface area contributed by atoms with Crippen LogP contribution in [0, 0.1) is 7.43 Å². The summed E-state index contributed by atoms with van der Waals surface area (Å²) >= 11 is 0. The average Bonchev–Trinajstić information content (AvgIpc) is 0.722. The van der Waals surface area contributed by atoms with E-state index in [1.54, 1.807) is 0 Å². The van der Waals surface area contributed by atoms with Crippen molar-refractivity contribution >= 4 is 7.82 Å².